The summed E-state index contributed by atoms with van der Waals surface area (Å²) in [5, 5.41) is 4.28. The molecule has 5 aliphatic rings. The van der Waals surface area contributed by atoms with Crippen molar-refractivity contribution in [1.82, 2.24) is 14.3 Å². The first-order valence-electron chi connectivity index (χ1n) is 14.7. The van der Waals surface area contributed by atoms with E-state index in [9.17, 15) is 21.6 Å². The van der Waals surface area contributed by atoms with E-state index in [4.69, 9.17) is 0 Å². The molecular weight excluding hydrogens is 558 g/mol. The van der Waals surface area contributed by atoms with Crippen LogP contribution in [-0.4, -0.2) is 52.2 Å². The van der Waals surface area contributed by atoms with Gasteiger partial charge in [0.05, 0.1) is 10.8 Å². The highest BCUT2D eigenvalue weighted by atomic mass is 32.2. The van der Waals surface area contributed by atoms with Crippen LogP contribution in [0.4, 0.5) is 0 Å². The molecule has 7 atom stereocenters. The minimum atomic E-state index is -3.84. The van der Waals surface area contributed by atoms with Gasteiger partial charge in [-0.2, -0.15) is 4.31 Å². The number of amides is 1. The molecule has 4 aliphatic carbocycles. The molecule has 4 bridgehead atoms. The predicted molar refractivity (Wildman–Crippen MR) is 158 cm³/mol. The highest BCUT2D eigenvalue weighted by Gasteiger charge is 2.54. The van der Waals surface area contributed by atoms with Gasteiger partial charge < -0.3 is 5.32 Å². The van der Waals surface area contributed by atoms with Gasteiger partial charge in [0.25, 0.3) is 0 Å². The van der Waals surface area contributed by atoms with Crippen LogP contribution in [0, 0.1) is 23.7 Å². The van der Waals surface area contributed by atoms with E-state index < -0.39 is 32.0 Å². The molecule has 2 aromatic carbocycles. The molecule has 220 valence electrons. The fourth-order valence-electron chi connectivity index (χ4n) is 8.05. The average Bonchev–Trinajstić information content (AvgIpc) is 3.63. The summed E-state index contributed by atoms with van der Waals surface area (Å²) in [7, 11) is -7.49. The van der Waals surface area contributed by atoms with Crippen LogP contribution in [-0.2, 0) is 31.3 Å². The third kappa shape index (κ3) is 5.76. The van der Waals surface area contributed by atoms with Crippen LogP contribution in [0.5, 0.6) is 0 Å². The predicted octanol–water partition coefficient (Wildman–Crippen LogP) is 3.78. The van der Waals surface area contributed by atoms with Gasteiger partial charge in [-0.05, 0) is 91.9 Å². The van der Waals surface area contributed by atoms with E-state index in [0.29, 0.717) is 37.6 Å². The molecule has 41 heavy (non-hydrogen) atoms. The Labute approximate surface area is 243 Å². The van der Waals surface area contributed by atoms with Crippen LogP contribution >= 0.6 is 0 Å². The van der Waals surface area contributed by atoms with E-state index in [-0.39, 0.29) is 23.4 Å². The zero-order valence-electron chi connectivity index (χ0n) is 23.2. The van der Waals surface area contributed by atoms with Gasteiger partial charge in [-0.25, -0.2) is 21.6 Å². The van der Waals surface area contributed by atoms with Crippen molar-refractivity contribution in [2.45, 2.75) is 67.8 Å². The number of nitrogens with zero attached hydrogens (tertiary/aromatic N) is 1. The fraction of sp³-hybridized carbons (Fsp3) is 0.516. The standard InChI is InChI=1S/C31H39N3O5S2/c1-2-40(36,37)32-20-26-9-6-14-34(26)41(38,39)27-12-10-23(11-13-27)29(17-21-7-4-3-5-8-21)31(35)33-30-25-16-22-15-24(19-25)28(30)18-22/h2-5,7-8,10-13,22,24-26,28-30,32H,1,6,9,14-20H2,(H,33,35). The molecule has 4 saturated carbocycles. The number of carbonyl (C=O) groups excluding carboxylic acids is 1. The third-order valence-corrected chi connectivity index (χ3v) is 12.9. The van der Waals surface area contributed by atoms with Crippen molar-refractivity contribution in [1.29, 1.82) is 0 Å². The van der Waals surface area contributed by atoms with E-state index in [1.54, 1.807) is 24.3 Å². The van der Waals surface area contributed by atoms with E-state index in [0.717, 1.165) is 28.4 Å². The summed E-state index contributed by atoms with van der Waals surface area (Å²) in [4.78, 5) is 14.0. The molecule has 1 saturated heterocycles. The van der Waals surface area contributed by atoms with Crippen LogP contribution in [0.2, 0.25) is 0 Å². The molecule has 2 aromatic rings. The topological polar surface area (TPSA) is 113 Å². The van der Waals surface area contributed by atoms with Crippen LogP contribution in [0.25, 0.3) is 0 Å². The van der Waals surface area contributed by atoms with Gasteiger partial charge in [0.2, 0.25) is 26.0 Å². The molecule has 0 radical (unpaired) electrons. The summed E-state index contributed by atoms with van der Waals surface area (Å²) in [6, 6.07) is 16.4. The molecule has 8 nitrogen and oxygen atoms in total. The maximum atomic E-state index is 13.9. The summed E-state index contributed by atoms with van der Waals surface area (Å²) in [5.41, 5.74) is 1.84. The molecule has 1 aliphatic heterocycles. The maximum absolute atomic E-state index is 13.9. The third-order valence-electron chi connectivity index (χ3n) is 9.92. The normalized spacial score (nSPS) is 30.0. The summed E-state index contributed by atoms with van der Waals surface area (Å²) >= 11 is 0. The second kappa shape index (κ2) is 11.3. The molecule has 5 fully saturated rings. The highest BCUT2D eigenvalue weighted by Crippen LogP contribution is 2.58. The monoisotopic (exact) mass is 597 g/mol. The molecule has 2 N–H and O–H groups in total. The molecule has 0 spiro atoms. The van der Waals surface area contributed by atoms with E-state index in [1.165, 1.54) is 30.0 Å². The van der Waals surface area contributed by atoms with Crippen molar-refractivity contribution in [2.75, 3.05) is 13.1 Å². The second-order valence-corrected chi connectivity index (χ2v) is 15.9. The Morgan fingerprint density at radius 2 is 1.71 bits per heavy atom. The van der Waals surface area contributed by atoms with Crippen molar-refractivity contribution >= 4 is 26.0 Å². The first kappa shape index (κ1) is 28.6. The lowest BCUT2D eigenvalue weighted by Gasteiger charge is -2.34. The SMILES string of the molecule is C=CS(=O)(=O)NCC1CCCN1S(=O)(=O)c1ccc(C(Cc2ccccc2)C(=O)NC2C3CC4CC(C3)C2C4)cc1. The smallest absolute Gasteiger partial charge is 0.243 e. The molecule has 7 rings (SSSR count). The first-order chi connectivity index (χ1) is 19.6. The molecule has 10 heteroatoms. The van der Waals surface area contributed by atoms with Crippen LogP contribution in [0.1, 0.15) is 55.6 Å². The molecular formula is C31H39N3O5S2. The number of hydrogen-bond acceptors (Lipinski definition) is 5. The Kier molecular flexibility index (Phi) is 7.86. The number of rotatable bonds is 11. The fourth-order valence-corrected chi connectivity index (χ4v) is 10.3. The van der Waals surface area contributed by atoms with Crippen molar-refractivity contribution < 1.29 is 21.6 Å². The lowest BCUT2D eigenvalue weighted by Crippen LogP contribution is -2.46. The highest BCUT2D eigenvalue weighted by molar-refractivity contribution is 7.92. The van der Waals surface area contributed by atoms with Crippen molar-refractivity contribution in [3.05, 3.63) is 77.7 Å². The van der Waals surface area contributed by atoms with Crippen LogP contribution in [0.3, 0.4) is 0 Å². The van der Waals surface area contributed by atoms with Gasteiger partial charge in [-0.3, -0.25) is 4.79 Å². The minimum absolute atomic E-state index is 0.00422. The summed E-state index contributed by atoms with van der Waals surface area (Å²) in [6.45, 7) is 3.62. The zero-order chi connectivity index (χ0) is 28.8. The van der Waals surface area contributed by atoms with Gasteiger partial charge >= 0.3 is 0 Å². The molecule has 1 heterocycles. The van der Waals surface area contributed by atoms with Gasteiger partial charge in [-0.1, -0.05) is 49.0 Å². The average molecular weight is 598 g/mol. The van der Waals surface area contributed by atoms with E-state index in [2.05, 4.69) is 16.6 Å². The largest absolute Gasteiger partial charge is 0.352 e. The lowest BCUT2D eigenvalue weighted by molar-refractivity contribution is -0.124. The quantitative estimate of drug-likeness (QED) is 0.410. The number of benzene rings is 2. The molecule has 7 unspecified atom stereocenters. The summed E-state index contributed by atoms with van der Waals surface area (Å²) in [6.07, 6.45) is 6.76. The second-order valence-electron chi connectivity index (χ2n) is 12.3. The maximum Gasteiger partial charge on any atom is 0.243 e. The summed E-state index contributed by atoms with van der Waals surface area (Å²) < 4.78 is 54.6. The van der Waals surface area contributed by atoms with Crippen LogP contribution < -0.4 is 10.0 Å². The van der Waals surface area contributed by atoms with E-state index >= 15 is 0 Å². The van der Waals surface area contributed by atoms with E-state index in [1.807, 2.05) is 30.3 Å². The van der Waals surface area contributed by atoms with Crippen molar-refractivity contribution in [3.8, 4) is 0 Å². The Morgan fingerprint density at radius 3 is 2.41 bits per heavy atom. The minimum Gasteiger partial charge on any atom is -0.352 e. The van der Waals surface area contributed by atoms with Gasteiger partial charge in [0.1, 0.15) is 0 Å². The number of hydrogen-bond donors (Lipinski definition) is 2. The first-order valence-corrected chi connectivity index (χ1v) is 17.7. The summed E-state index contributed by atoms with van der Waals surface area (Å²) in [5.74, 6) is 2.34. The van der Waals surface area contributed by atoms with Gasteiger partial charge in [0, 0.05) is 30.6 Å². The molecule has 0 aromatic heterocycles. The van der Waals surface area contributed by atoms with Gasteiger partial charge in [-0.15, -0.1) is 0 Å². The lowest BCUT2D eigenvalue weighted by atomic mass is 9.79. The number of sulfonamides is 2. The zero-order valence-corrected chi connectivity index (χ0v) is 24.8. The Balaban J connectivity index is 1.21. The molecule has 1 amide bonds. The van der Waals surface area contributed by atoms with Crippen molar-refractivity contribution in [2.24, 2.45) is 23.7 Å². The Morgan fingerprint density at radius 1 is 0.976 bits per heavy atom. The Bertz CT molecular complexity index is 1490. The Hall–Kier alpha value is -2.53. The van der Waals surface area contributed by atoms with Crippen LogP contribution in [0.15, 0.2) is 71.5 Å². The number of carbonyl (C=O) groups is 1. The number of nitrogens with one attached hydrogen (secondary N) is 2. The van der Waals surface area contributed by atoms with Gasteiger partial charge in [0.15, 0.2) is 0 Å². The van der Waals surface area contributed by atoms with Crippen molar-refractivity contribution in [3.63, 3.8) is 0 Å².